The van der Waals surface area contributed by atoms with E-state index < -0.39 is 0 Å². The standard InChI is InChI=1S/C25H43N2P/c1-25(2,3)27-24(26-20-19-21-13-7-4-8-14-21)28(22-15-9-5-10-16-22)23-17-11-6-12-18-23/h4,7-8,13-14,22-24,26-27H,5-6,9-12,15-20H2,1-3H3. The van der Waals surface area contributed by atoms with E-state index >= 15 is 0 Å². The fourth-order valence-electron chi connectivity index (χ4n) is 5.12. The van der Waals surface area contributed by atoms with Crippen molar-refractivity contribution in [2.75, 3.05) is 6.54 Å². The summed E-state index contributed by atoms with van der Waals surface area (Å²) in [6.45, 7) is 8.10. The molecule has 1 unspecified atom stereocenters. The normalized spacial score (nSPS) is 21.1. The second-order valence-corrected chi connectivity index (χ2v) is 12.9. The molecule has 28 heavy (non-hydrogen) atoms. The monoisotopic (exact) mass is 402 g/mol. The molecule has 1 atom stereocenters. The fourth-order valence-corrected chi connectivity index (χ4v) is 9.36. The zero-order valence-electron chi connectivity index (χ0n) is 18.6. The molecule has 3 rings (SSSR count). The largest absolute Gasteiger partial charge is 0.298 e. The van der Waals surface area contributed by atoms with Crippen LogP contribution in [0.1, 0.15) is 90.5 Å². The van der Waals surface area contributed by atoms with Crippen LogP contribution in [-0.2, 0) is 6.42 Å². The van der Waals surface area contributed by atoms with Crippen molar-refractivity contribution < 1.29 is 0 Å². The average molecular weight is 403 g/mol. The van der Waals surface area contributed by atoms with Gasteiger partial charge in [0.05, 0.1) is 5.91 Å². The lowest BCUT2D eigenvalue weighted by Gasteiger charge is -2.45. The van der Waals surface area contributed by atoms with Gasteiger partial charge in [-0.05, 0) is 69.8 Å². The quantitative estimate of drug-likeness (QED) is 0.376. The Bertz CT molecular complexity index is 523. The molecule has 2 nitrogen and oxygen atoms in total. The second-order valence-electron chi connectivity index (χ2n) is 10.0. The summed E-state index contributed by atoms with van der Waals surface area (Å²) in [5, 5.41) is 8.09. The number of hydrogen-bond donors (Lipinski definition) is 2. The van der Waals surface area contributed by atoms with Gasteiger partial charge in [0.25, 0.3) is 0 Å². The Morgan fingerprint density at radius 2 is 1.39 bits per heavy atom. The summed E-state index contributed by atoms with van der Waals surface area (Å²) in [5.74, 6) is 0.505. The Labute approximate surface area is 175 Å². The highest BCUT2D eigenvalue weighted by molar-refractivity contribution is 7.59. The van der Waals surface area contributed by atoms with Crippen molar-refractivity contribution in [1.29, 1.82) is 0 Å². The Morgan fingerprint density at radius 3 is 1.89 bits per heavy atom. The summed E-state index contributed by atoms with van der Waals surface area (Å²) >= 11 is 0. The Kier molecular flexibility index (Phi) is 8.82. The van der Waals surface area contributed by atoms with E-state index in [2.05, 4.69) is 61.7 Å². The Hall–Kier alpha value is -0.430. The highest BCUT2D eigenvalue weighted by Crippen LogP contribution is 2.57. The number of nitrogens with one attached hydrogen (secondary N) is 2. The van der Waals surface area contributed by atoms with Crippen molar-refractivity contribution in [3.05, 3.63) is 35.9 Å². The molecule has 0 spiro atoms. The first-order chi connectivity index (χ1) is 13.5. The van der Waals surface area contributed by atoms with Crippen LogP contribution in [0.2, 0.25) is 0 Å². The highest BCUT2D eigenvalue weighted by Gasteiger charge is 2.37. The molecule has 158 valence electrons. The molecule has 2 N–H and O–H groups in total. The number of benzene rings is 1. The minimum atomic E-state index is -0.0275. The summed E-state index contributed by atoms with van der Waals surface area (Å²) in [4.78, 5) is 0. The average Bonchev–Trinajstić information content (AvgIpc) is 2.69. The van der Waals surface area contributed by atoms with Gasteiger partial charge in [-0.3, -0.25) is 10.6 Å². The van der Waals surface area contributed by atoms with Crippen LogP contribution < -0.4 is 10.6 Å². The van der Waals surface area contributed by atoms with Crippen LogP contribution >= 0.6 is 7.92 Å². The van der Waals surface area contributed by atoms with Gasteiger partial charge < -0.3 is 0 Å². The van der Waals surface area contributed by atoms with E-state index in [1.807, 2.05) is 0 Å². The second kappa shape index (κ2) is 11.1. The maximum atomic E-state index is 4.05. The summed E-state index contributed by atoms with van der Waals surface area (Å²) in [5.41, 5.74) is 3.55. The molecular formula is C25H43N2P. The van der Waals surface area contributed by atoms with E-state index in [4.69, 9.17) is 0 Å². The first-order valence-electron chi connectivity index (χ1n) is 11.9. The molecule has 0 heterocycles. The number of hydrogen-bond acceptors (Lipinski definition) is 2. The van der Waals surface area contributed by atoms with Crippen LogP contribution in [0.5, 0.6) is 0 Å². The van der Waals surface area contributed by atoms with Gasteiger partial charge in [0.2, 0.25) is 0 Å². The first kappa shape index (κ1) is 22.3. The van der Waals surface area contributed by atoms with Crippen molar-refractivity contribution >= 4 is 7.92 Å². The first-order valence-corrected chi connectivity index (χ1v) is 13.4. The molecule has 1 aromatic carbocycles. The molecular weight excluding hydrogens is 359 g/mol. The minimum Gasteiger partial charge on any atom is -0.298 e. The van der Waals surface area contributed by atoms with Gasteiger partial charge in [-0.1, -0.05) is 76.8 Å². The van der Waals surface area contributed by atoms with E-state index in [9.17, 15) is 0 Å². The third-order valence-corrected chi connectivity index (χ3v) is 10.1. The molecule has 0 amide bonds. The summed E-state index contributed by atoms with van der Waals surface area (Å²) in [6, 6.07) is 11.0. The van der Waals surface area contributed by atoms with Gasteiger partial charge in [0.1, 0.15) is 0 Å². The van der Waals surface area contributed by atoms with Crippen LogP contribution in [0.25, 0.3) is 0 Å². The van der Waals surface area contributed by atoms with Gasteiger partial charge in [-0.25, -0.2) is 0 Å². The van der Waals surface area contributed by atoms with Gasteiger partial charge >= 0.3 is 0 Å². The van der Waals surface area contributed by atoms with Crippen molar-refractivity contribution in [3.63, 3.8) is 0 Å². The molecule has 1 aromatic rings. The number of rotatable bonds is 8. The van der Waals surface area contributed by atoms with Crippen molar-refractivity contribution in [2.24, 2.45) is 0 Å². The van der Waals surface area contributed by atoms with E-state index in [-0.39, 0.29) is 13.5 Å². The highest BCUT2D eigenvalue weighted by atomic mass is 31.1. The molecule has 2 aliphatic rings. The van der Waals surface area contributed by atoms with Gasteiger partial charge in [-0.2, -0.15) is 0 Å². The molecule has 3 heteroatoms. The van der Waals surface area contributed by atoms with Gasteiger partial charge in [0.15, 0.2) is 0 Å². The van der Waals surface area contributed by atoms with Crippen LogP contribution in [0.3, 0.4) is 0 Å². The predicted molar refractivity (Wildman–Crippen MR) is 125 cm³/mol. The molecule has 2 saturated carbocycles. The summed E-state index contributed by atoms with van der Waals surface area (Å²) in [7, 11) is -0.0275. The summed E-state index contributed by atoms with van der Waals surface area (Å²) < 4.78 is 0. The van der Waals surface area contributed by atoms with Crippen molar-refractivity contribution in [2.45, 2.75) is 114 Å². The van der Waals surface area contributed by atoms with Crippen molar-refractivity contribution in [1.82, 2.24) is 10.6 Å². The predicted octanol–water partition coefficient (Wildman–Crippen LogP) is 6.64. The molecule has 2 fully saturated rings. The smallest absolute Gasteiger partial charge is 0.0782 e. The lowest BCUT2D eigenvalue weighted by atomic mass is 9.99. The third kappa shape index (κ3) is 7.12. The third-order valence-electron chi connectivity index (χ3n) is 6.45. The zero-order valence-corrected chi connectivity index (χ0v) is 19.4. The molecule has 0 saturated heterocycles. The fraction of sp³-hybridized carbons (Fsp3) is 0.760. The van der Waals surface area contributed by atoms with Crippen LogP contribution in [0.15, 0.2) is 30.3 Å². The molecule has 2 aliphatic carbocycles. The SMILES string of the molecule is CC(C)(C)NC(NCCc1ccccc1)P(C1CCCCC1)C1CCCCC1. The lowest BCUT2D eigenvalue weighted by molar-refractivity contribution is 0.371. The van der Waals surface area contributed by atoms with Gasteiger partial charge in [0, 0.05) is 12.1 Å². The van der Waals surface area contributed by atoms with E-state index in [0.717, 1.165) is 24.3 Å². The molecule has 0 bridgehead atoms. The maximum absolute atomic E-state index is 4.05. The molecule has 0 aromatic heterocycles. The Balaban J connectivity index is 1.72. The topological polar surface area (TPSA) is 24.1 Å². The zero-order chi connectivity index (χ0) is 19.8. The minimum absolute atomic E-state index is 0.0275. The Morgan fingerprint density at radius 1 is 0.857 bits per heavy atom. The summed E-state index contributed by atoms with van der Waals surface area (Å²) in [6.07, 6.45) is 15.8. The van der Waals surface area contributed by atoms with Crippen molar-refractivity contribution in [3.8, 4) is 0 Å². The van der Waals surface area contributed by atoms with Gasteiger partial charge in [-0.15, -0.1) is 0 Å². The molecule has 0 radical (unpaired) electrons. The van der Waals surface area contributed by atoms with E-state index in [0.29, 0.717) is 5.91 Å². The lowest BCUT2D eigenvalue weighted by Crippen LogP contribution is -2.52. The van der Waals surface area contributed by atoms with E-state index in [1.165, 1.54) is 69.8 Å². The maximum Gasteiger partial charge on any atom is 0.0782 e. The van der Waals surface area contributed by atoms with Crippen LogP contribution in [0, 0.1) is 0 Å². The van der Waals surface area contributed by atoms with Crippen LogP contribution in [0.4, 0.5) is 0 Å². The van der Waals surface area contributed by atoms with Crippen LogP contribution in [-0.4, -0.2) is 29.3 Å². The van der Waals surface area contributed by atoms with E-state index in [1.54, 1.807) is 0 Å². The molecule has 0 aliphatic heterocycles.